The van der Waals surface area contributed by atoms with Gasteiger partial charge in [-0.25, -0.2) is 8.42 Å². The molecule has 1 aromatic carbocycles. The molecule has 1 fully saturated rings. The average Bonchev–Trinajstić information content (AvgIpc) is 3.15. The molecule has 1 saturated heterocycles. The normalized spacial score (nSPS) is 16.4. The van der Waals surface area contributed by atoms with Crippen molar-refractivity contribution in [3.05, 3.63) is 58.4 Å². The molecule has 0 unspecified atom stereocenters. The maximum absolute atomic E-state index is 12.5. The number of piperazine rings is 1. The fraction of sp³-hybridized carbons (Fsp3) is 0.235. The van der Waals surface area contributed by atoms with Crippen molar-refractivity contribution < 1.29 is 13.2 Å². The Morgan fingerprint density at radius 3 is 2.52 bits per heavy atom. The van der Waals surface area contributed by atoms with Gasteiger partial charge in [-0.1, -0.05) is 29.8 Å². The highest BCUT2D eigenvalue weighted by atomic mass is 35.5. The first-order chi connectivity index (χ1) is 12.0. The molecule has 8 heteroatoms. The van der Waals surface area contributed by atoms with Crippen molar-refractivity contribution >= 4 is 44.9 Å². The minimum Gasteiger partial charge on any atom is -0.337 e. The monoisotopic (exact) mass is 396 g/mol. The third kappa shape index (κ3) is 4.30. The highest BCUT2D eigenvalue weighted by molar-refractivity contribution is 7.91. The lowest BCUT2D eigenvalue weighted by atomic mass is 10.2. The summed E-state index contributed by atoms with van der Waals surface area (Å²) < 4.78 is 26.7. The van der Waals surface area contributed by atoms with E-state index in [1.807, 2.05) is 12.1 Å². The van der Waals surface area contributed by atoms with E-state index in [0.29, 0.717) is 35.4 Å². The van der Waals surface area contributed by atoms with Crippen LogP contribution in [0.3, 0.4) is 0 Å². The first-order valence-corrected chi connectivity index (χ1v) is 10.4. The molecule has 1 aliphatic rings. The molecule has 0 N–H and O–H groups in total. The summed E-state index contributed by atoms with van der Waals surface area (Å²) in [5, 5.41) is 2.36. The van der Waals surface area contributed by atoms with Gasteiger partial charge in [0, 0.05) is 37.3 Å². The van der Waals surface area contributed by atoms with E-state index in [9.17, 15) is 13.2 Å². The maximum Gasteiger partial charge on any atom is 0.252 e. The van der Waals surface area contributed by atoms with Gasteiger partial charge in [-0.2, -0.15) is 4.31 Å². The van der Waals surface area contributed by atoms with E-state index >= 15 is 0 Å². The number of hydrogen-bond acceptors (Lipinski definition) is 4. The van der Waals surface area contributed by atoms with Crippen molar-refractivity contribution in [1.29, 1.82) is 0 Å². The van der Waals surface area contributed by atoms with Crippen LogP contribution in [0, 0.1) is 0 Å². The van der Waals surface area contributed by atoms with Crippen molar-refractivity contribution in [3.63, 3.8) is 0 Å². The third-order valence-corrected chi connectivity index (χ3v) is 7.41. The molecule has 0 saturated carbocycles. The van der Waals surface area contributed by atoms with E-state index in [1.165, 1.54) is 21.7 Å². The van der Waals surface area contributed by atoms with Crippen LogP contribution in [-0.4, -0.2) is 49.7 Å². The number of carbonyl (C=O) groups excluding carboxylic acids is 1. The van der Waals surface area contributed by atoms with Gasteiger partial charge in [0.1, 0.15) is 4.21 Å². The molecule has 0 aliphatic carbocycles. The molecule has 1 amide bonds. The molecule has 0 spiro atoms. The number of thiophene rings is 1. The summed E-state index contributed by atoms with van der Waals surface area (Å²) in [5.41, 5.74) is 0.847. The number of amides is 1. The summed E-state index contributed by atoms with van der Waals surface area (Å²) >= 11 is 7.12. The number of carbonyl (C=O) groups is 1. The number of benzene rings is 1. The van der Waals surface area contributed by atoms with E-state index in [4.69, 9.17) is 11.6 Å². The highest BCUT2D eigenvalue weighted by Crippen LogP contribution is 2.22. The highest BCUT2D eigenvalue weighted by Gasteiger charge is 2.30. The van der Waals surface area contributed by atoms with E-state index in [-0.39, 0.29) is 5.91 Å². The van der Waals surface area contributed by atoms with Crippen LogP contribution in [0.2, 0.25) is 5.02 Å². The van der Waals surface area contributed by atoms with E-state index in [2.05, 4.69) is 0 Å². The Balaban J connectivity index is 1.59. The summed E-state index contributed by atoms with van der Waals surface area (Å²) in [6.45, 7) is 1.36. The molecule has 1 aromatic heterocycles. The summed E-state index contributed by atoms with van der Waals surface area (Å²) in [4.78, 5) is 13.9. The number of halogens is 1. The van der Waals surface area contributed by atoms with Crippen LogP contribution in [0.25, 0.3) is 6.08 Å². The van der Waals surface area contributed by atoms with E-state index < -0.39 is 10.0 Å². The number of nitrogens with zero attached hydrogens (tertiary/aromatic N) is 2. The molecule has 1 aliphatic heterocycles. The second-order valence-electron chi connectivity index (χ2n) is 5.55. The van der Waals surface area contributed by atoms with Gasteiger partial charge in [0.15, 0.2) is 0 Å². The number of rotatable bonds is 4. The fourth-order valence-corrected chi connectivity index (χ4v) is 5.33. The van der Waals surface area contributed by atoms with Gasteiger partial charge >= 0.3 is 0 Å². The van der Waals surface area contributed by atoms with Crippen LogP contribution < -0.4 is 0 Å². The molecule has 132 valence electrons. The van der Waals surface area contributed by atoms with Crippen LogP contribution in [0.1, 0.15) is 5.56 Å². The molecule has 5 nitrogen and oxygen atoms in total. The summed E-state index contributed by atoms with van der Waals surface area (Å²) in [6.07, 6.45) is 3.21. The van der Waals surface area contributed by atoms with E-state index in [0.717, 1.165) is 5.56 Å². The van der Waals surface area contributed by atoms with E-state index in [1.54, 1.807) is 40.6 Å². The topological polar surface area (TPSA) is 57.7 Å². The lowest BCUT2D eigenvalue weighted by Gasteiger charge is -2.33. The SMILES string of the molecule is O=C(/C=C/c1cccc(Cl)c1)N1CCN(S(=O)(=O)c2cccs2)CC1. The molecule has 0 bridgehead atoms. The quantitative estimate of drug-likeness (QED) is 0.746. The molecular weight excluding hydrogens is 380 g/mol. The smallest absolute Gasteiger partial charge is 0.252 e. The Labute approximate surface area is 156 Å². The summed E-state index contributed by atoms with van der Waals surface area (Å²) in [6, 6.07) is 10.6. The van der Waals surface area contributed by atoms with Gasteiger partial charge in [-0.15, -0.1) is 11.3 Å². The Kier molecular flexibility index (Phi) is 5.58. The number of hydrogen-bond donors (Lipinski definition) is 0. The molecule has 0 radical (unpaired) electrons. The van der Waals surface area contributed by atoms with Crippen LogP contribution in [0.5, 0.6) is 0 Å². The second-order valence-corrected chi connectivity index (χ2v) is 9.10. The minimum absolute atomic E-state index is 0.131. The molecule has 2 aromatic rings. The van der Waals surface area contributed by atoms with Crippen molar-refractivity contribution in [1.82, 2.24) is 9.21 Å². The van der Waals surface area contributed by atoms with Crippen LogP contribution >= 0.6 is 22.9 Å². The van der Waals surface area contributed by atoms with Gasteiger partial charge in [0.2, 0.25) is 5.91 Å². The Morgan fingerprint density at radius 1 is 1.12 bits per heavy atom. The predicted octanol–water partition coefficient (Wildman–Crippen LogP) is 2.95. The number of sulfonamides is 1. The zero-order valence-corrected chi connectivity index (χ0v) is 15.7. The standard InChI is InChI=1S/C17H17ClN2O3S2/c18-15-4-1-3-14(13-15)6-7-16(21)19-8-10-20(11-9-19)25(22,23)17-5-2-12-24-17/h1-7,12-13H,8-11H2/b7-6+. The molecule has 25 heavy (non-hydrogen) atoms. The summed E-state index contributed by atoms with van der Waals surface area (Å²) in [7, 11) is -3.45. The van der Waals surface area contributed by atoms with Crippen LogP contribution in [0.15, 0.2) is 52.1 Å². The fourth-order valence-electron chi connectivity index (χ4n) is 2.57. The first kappa shape index (κ1) is 18.1. The third-order valence-electron chi connectivity index (χ3n) is 3.91. The van der Waals surface area contributed by atoms with Gasteiger partial charge < -0.3 is 4.90 Å². The van der Waals surface area contributed by atoms with Crippen molar-refractivity contribution in [2.75, 3.05) is 26.2 Å². The van der Waals surface area contributed by atoms with Crippen molar-refractivity contribution in [2.24, 2.45) is 0 Å². The molecule has 3 rings (SSSR count). The lowest BCUT2D eigenvalue weighted by Crippen LogP contribution is -2.50. The van der Waals surface area contributed by atoms with Gasteiger partial charge in [0.25, 0.3) is 10.0 Å². The maximum atomic E-state index is 12.5. The zero-order valence-electron chi connectivity index (χ0n) is 13.3. The Hall–Kier alpha value is -1.67. The molecule has 2 heterocycles. The molecule has 0 atom stereocenters. The molecular formula is C17H17ClN2O3S2. The zero-order chi connectivity index (χ0) is 17.9. The lowest BCUT2D eigenvalue weighted by molar-refractivity contribution is -0.127. The van der Waals surface area contributed by atoms with Crippen LogP contribution in [-0.2, 0) is 14.8 Å². The summed E-state index contributed by atoms with van der Waals surface area (Å²) in [5.74, 6) is -0.131. The largest absolute Gasteiger partial charge is 0.337 e. The second kappa shape index (κ2) is 7.70. The van der Waals surface area contributed by atoms with Crippen molar-refractivity contribution in [2.45, 2.75) is 4.21 Å². The van der Waals surface area contributed by atoms with Crippen molar-refractivity contribution in [3.8, 4) is 0 Å². The average molecular weight is 397 g/mol. The Bertz CT molecular complexity index is 871. The first-order valence-electron chi connectivity index (χ1n) is 7.73. The van der Waals surface area contributed by atoms with Crippen LogP contribution in [0.4, 0.5) is 0 Å². The van der Waals surface area contributed by atoms with Gasteiger partial charge in [-0.3, -0.25) is 4.79 Å². The minimum atomic E-state index is -3.45. The Morgan fingerprint density at radius 2 is 1.88 bits per heavy atom. The predicted molar refractivity (Wildman–Crippen MR) is 100 cm³/mol. The van der Waals surface area contributed by atoms with Gasteiger partial charge in [-0.05, 0) is 35.2 Å². The van der Waals surface area contributed by atoms with Gasteiger partial charge in [0.05, 0.1) is 0 Å².